The van der Waals surface area contributed by atoms with Crippen molar-refractivity contribution in [2.75, 3.05) is 23.5 Å². The number of hydrogen-bond acceptors (Lipinski definition) is 3. The average Bonchev–Trinajstić information content (AvgIpc) is 2.95. The number of nitrogens with zero attached hydrogens (tertiary/aromatic N) is 2. The second-order valence-corrected chi connectivity index (χ2v) is 9.02. The largest absolute Gasteiger partial charge is 0.493 e. The summed E-state index contributed by atoms with van der Waals surface area (Å²) >= 11 is 6.21. The van der Waals surface area contributed by atoms with Crippen LogP contribution >= 0.6 is 11.6 Å². The van der Waals surface area contributed by atoms with Crippen LogP contribution in [0.2, 0.25) is 5.02 Å². The molecule has 5 nitrogen and oxygen atoms in total. The number of carbonyl (C=O) groups is 1. The summed E-state index contributed by atoms with van der Waals surface area (Å²) in [5.41, 5.74) is 4.74. The van der Waals surface area contributed by atoms with Crippen molar-refractivity contribution in [2.45, 2.75) is 74.0 Å². The Balaban J connectivity index is 0.00000121. The Morgan fingerprint density at radius 3 is 2.05 bits per heavy atom. The highest BCUT2D eigenvalue weighted by Gasteiger charge is 2.40. The van der Waals surface area contributed by atoms with Gasteiger partial charge in [0.25, 0.3) is 0 Å². The zero-order valence-electron chi connectivity index (χ0n) is 24.3. The minimum absolute atomic E-state index is 0.0293. The van der Waals surface area contributed by atoms with Crippen LogP contribution in [0.5, 0.6) is 11.5 Å². The summed E-state index contributed by atoms with van der Waals surface area (Å²) in [6.07, 6.45) is 0.900. The van der Waals surface area contributed by atoms with E-state index in [1.54, 1.807) is 12.0 Å². The number of benzene rings is 3. The van der Waals surface area contributed by atoms with Crippen LogP contribution in [0.3, 0.4) is 0 Å². The molecule has 0 N–H and O–H groups in total. The zero-order valence-corrected chi connectivity index (χ0v) is 25.1. The van der Waals surface area contributed by atoms with Gasteiger partial charge in [-0.3, -0.25) is 9.80 Å². The number of rotatable bonds is 7. The predicted molar refractivity (Wildman–Crippen MR) is 161 cm³/mol. The minimum Gasteiger partial charge on any atom is -0.493 e. The SMILES string of the molecule is CC.CC.CC[C@@H](C)Oc1cc2c(cc1OC)N(CC)C(=O)N(c1ccc(C)cc1)C2c1ccc(Cl)cc1. The van der Waals surface area contributed by atoms with Gasteiger partial charge in [0.15, 0.2) is 11.5 Å². The van der Waals surface area contributed by atoms with Gasteiger partial charge in [0.05, 0.1) is 24.9 Å². The number of urea groups is 1. The summed E-state index contributed by atoms with van der Waals surface area (Å²) < 4.78 is 11.9. The normalized spacial score (nSPS) is 14.9. The number of amides is 2. The van der Waals surface area contributed by atoms with Crippen LogP contribution in [0, 0.1) is 6.92 Å². The van der Waals surface area contributed by atoms with Gasteiger partial charge < -0.3 is 9.47 Å². The van der Waals surface area contributed by atoms with Gasteiger partial charge >= 0.3 is 6.03 Å². The summed E-state index contributed by atoms with van der Waals surface area (Å²) in [6, 6.07) is 19.2. The third-order valence-electron chi connectivity index (χ3n) is 6.31. The second kappa shape index (κ2) is 14.7. The Hall–Kier alpha value is -3.18. The maximum Gasteiger partial charge on any atom is 0.329 e. The quantitative estimate of drug-likeness (QED) is 0.301. The Bertz CT molecular complexity index is 1160. The molecule has 4 rings (SSSR count). The van der Waals surface area contributed by atoms with E-state index < -0.39 is 0 Å². The molecule has 0 aromatic heterocycles. The Morgan fingerprint density at radius 1 is 0.921 bits per heavy atom. The van der Waals surface area contributed by atoms with Crippen molar-refractivity contribution < 1.29 is 14.3 Å². The first kappa shape index (κ1) is 31.0. The molecule has 1 aliphatic heterocycles. The summed E-state index contributed by atoms with van der Waals surface area (Å²) in [6.45, 7) is 16.7. The predicted octanol–water partition coefficient (Wildman–Crippen LogP) is 9.44. The number of fused-ring (bicyclic) bond motifs is 1. The van der Waals surface area contributed by atoms with Gasteiger partial charge in [-0.2, -0.15) is 0 Å². The number of halogens is 1. The molecule has 0 saturated heterocycles. The molecule has 0 bridgehead atoms. The molecule has 0 fully saturated rings. The lowest BCUT2D eigenvalue weighted by atomic mass is 9.92. The number of carbonyl (C=O) groups excluding carboxylic acids is 1. The highest BCUT2D eigenvalue weighted by Crippen LogP contribution is 2.47. The molecule has 1 unspecified atom stereocenters. The van der Waals surface area contributed by atoms with E-state index in [4.69, 9.17) is 21.1 Å². The first-order valence-electron chi connectivity index (χ1n) is 13.7. The van der Waals surface area contributed by atoms with Gasteiger partial charge in [-0.15, -0.1) is 0 Å². The number of anilines is 2. The summed E-state index contributed by atoms with van der Waals surface area (Å²) in [7, 11) is 1.63. The first-order chi connectivity index (χ1) is 18.4. The summed E-state index contributed by atoms with van der Waals surface area (Å²) in [5.74, 6) is 1.28. The molecule has 0 radical (unpaired) electrons. The topological polar surface area (TPSA) is 42.0 Å². The van der Waals surface area contributed by atoms with Gasteiger partial charge in [0, 0.05) is 28.9 Å². The van der Waals surface area contributed by atoms with Crippen molar-refractivity contribution in [2.24, 2.45) is 0 Å². The molecule has 3 aromatic carbocycles. The standard InChI is InChI=1S/C28H31ClN2O3.2C2H6/c1-6-19(4)34-26-16-23-24(17-25(26)33-5)30(7-2)28(32)31(22-14-8-18(3)9-15-22)27(23)20-10-12-21(29)13-11-20;2*1-2/h8-17,19,27H,6-7H2,1-5H3;2*1-2H3/t19-,27?;;/m1../s1. The minimum atomic E-state index is -0.351. The van der Waals surface area contributed by atoms with E-state index in [9.17, 15) is 4.79 Å². The van der Waals surface area contributed by atoms with Crippen LogP contribution < -0.4 is 19.3 Å². The molecule has 38 heavy (non-hydrogen) atoms. The molecule has 1 heterocycles. The molecule has 2 atom stereocenters. The van der Waals surface area contributed by atoms with Crippen LogP contribution in [0.1, 0.15) is 77.6 Å². The molecule has 1 aliphatic rings. The molecule has 206 valence electrons. The lowest BCUT2D eigenvalue weighted by Gasteiger charge is -2.43. The fourth-order valence-electron chi connectivity index (χ4n) is 4.30. The number of aryl methyl sites for hydroxylation is 1. The smallest absolute Gasteiger partial charge is 0.329 e. The maximum absolute atomic E-state index is 13.9. The molecule has 2 amide bonds. The van der Waals surface area contributed by atoms with E-state index in [1.807, 2.05) is 114 Å². The lowest BCUT2D eigenvalue weighted by Crippen LogP contribution is -2.50. The molecule has 0 saturated carbocycles. The molecule has 3 aromatic rings. The lowest BCUT2D eigenvalue weighted by molar-refractivity contribution is 0.207. The van der Waals surface area contributed by atoms with E-state index in [0.717, 1.165) is 34.5 Å². The number of methoxy groups -OCH3 is 1. The van der Waals surface area contributed by atoms with Crippen molar-refractivity contribution in [3.63, 3.8) is 0 Å². The van der Waals surface area contributed by atoms with Crippen LogP contribution in [-0.4, -0.2) is 25.8 Å². The molecule has 6 heteroatoms. The first-order valence-corrected chi connectivity index (χ1v) is 14.1. The summed E-state index contributed by atoms with van der Waals surface area (Å²) in [5, 5.41) is 0.652. The van der Waals surface area contributed by atoms with Crippen molar-refractivity contribution in [1.82, 2.24) is 0 Å². The van der Waals surface area contributed by atoms with Crippen molar-refractivity contribution in [1.29, 1.82) is 0 Å². The van der Waals surface area contributed by atoms with E-state index in [2.05, 4.69) is 6.92 Å². The molecular weight excluding hydrogens is 496 g/mol. The highest BCUT2D eigenvalue weighted by atomic mass is 35.5. The second-order valence-electron chi connectivity index (χ2n) is 8.59. The third kappa shape index (κ3) is 6.63. The van der Waals surface area contributed by atoms with Gasteiger partial charge in [-0.25, -0.2) is 4.79 Å². The monoisotopic (exact) mass is 538 g/mol. The van der Waals surface area contributed by atoms with Crippen LogP contribution in [-0.2, 0) is 0 Å². The highest BCUT2D eigenvalue weighted by molar-refractivity contribution is 6.30. The van der Waals surface area contributed by atoms with Crippen molar-refractivity contribution in [3.05, 3.63) is 82.4 Å². The maximum atomic E-state index is 13.9. The fourth-order valence-corrected chi connectivity index (χ4v) is 4.42. The molecule has 0 spiro atoms. The van der Waals surface area contributed by atoms with E-state index in [1.165, 1.54) is 0 Å². The van der Waals surface area contributed by atoms with Crippen LogP contribution in [0.25, 0.3) is 0 Å². The van der Waals surface area contributed by atoms with Gasteiger partial charge in [-0.1, -0.05) is 76.0 Å². The van der Waals surface area contributed by atoms with Gasteiger partial charge in [0.2, 0.25) is 0 Å². The van der Waals surface area contributed by atoms with Crippen LogP contribution in [0.4, 0.5) is 16.2 Å². The average molecular weight is 539 g/mol. The number of ether oxygens (including phenoxy) is 2. The molecular formula is C32H43ClN2O3. The van der Waals surface area contributed by atoms with Crippen molar-refractivity contribution in [3.8, 4) is 11.5 Å². The van der Waals surface area contributed by atoms with Crippen molar-refractivity contribution >= 4 is 29.0 Å². The van der Waals surface area contributed by atoms with Gasteiger partial charge in [-0.05, 0) is 63.1 Å². The Labute approximate surface area is 234 Å². The van der Waals surface area contributed by atoms with E-state index in [-0.39, 0.29) is 18.2 Å². The Morgan fingerprint density at radius 2 is 1.53 bits per heavy atom. The van der Waals surface area contributed by atoms with Crippen LogP contribution in [0.15, 0.2) is 60.7 Å². The fraction of sp³-hybridized carbons (Fsp3) is 0.406. The molecule has 0 aliphatic carbocycles. The van der Waals surface area contributed by atoms with E-state index >= 15 is 0 Å². The Kier molecular flexibility index (Phi) is 12.0. The van der Waals surface area contributed by atoms with Gasteiger partial charge in [0.1, 0.15) is 0 Å². The summed E-state index contributed by atoms with van der Waals surface area (Å²) in [4.78, 5) is 17.6. The third-order valence-corrected chi connectivity index (χ3v) is 6.56. The van der Waals surface area contributed by atoms with E-state index in [0.29, 0.717) is 23.1 Å². The number of hydrogen-bond donors (Lipinski definition) is 0. The zero-order chi connectivity index (χ0) is 28.4.